The summed E-state index contributed by atoms with van der Waals surface area (Å²) in [6, 6.07) is 0. The number of ether oxygens (including phenoxy) is 1. The Morgan fingerprint density at radius 3 is 2.60 bits per heavy atom. The molecule has 0 aromatic heterocycles. The molecule has 0 bridgehead atoms. The fourth-order valence-corrected chi connectivity index (χ4v) is 5.67. The van der Waals surface area contributed by atoms with Crippen molar-refractivity contribution in [2.24, 2.45) is 16.7 Å². The lowest BCUT2D eigenvalue weighted by Crippen LogP contribution is -2.53. The van der Waals surface area contributed by atoms with Crippen LogP contribution in [0.2, 0.25) is 0 Å². The molecule has 0 heterocycles. The van der Waals surface area contributed by atoms with Gasteiger partial charge in [-0.25, -0.2) is 0 Å². The summed E-state index contributed by atoms with van der Waals surface area (Å²) in [7, 11) is 0. The maximum absolute atomic E-state index is 11.7. The van der Waals surface area contributed by atoms with Crippen LogP contribution in [0, 0.1) is 16.7 Å². The second-order valence-electron chi connectivity index (χ2n) is 9.41. The van der Waals surface area contributed by atoms with Crippen molar-refractivity contribution in [3.63, 3.8) is 0 Å². The molecule has 25 heavy (non-hydrogen) atoms. The summed E-state index contributed by atoms with van der Waals surface area (Å²) >= 11 is 0. The number of carbonyl (C=O) groups excluding carboxylic acids is 1. The van der Waals surface area contributed by atoms with Crippen molar-refractivity contribution in [3.8, 4) is 0 Å². The zero-order valence-corrected chi connectivity index (χ0v) is 16.9. The molecule has 1 fully saturated rings. The summed E-state index contributed by atoms with van der Waals surface area (Å²) < 4.78 is 5.81. The van der Waals surface area contributed by atoms with Crippen LogP contribution in [0.15, 0.2) is 23.8 Å². The Balaban J connectivity index is 2.42. The molecule has 0 amide bonds. The molecule has 142 valence electrons. The molecule has 2 aliphatic carbocycles. The van der Waals surface area contributed by atoms with Crippen molar-refractivity contribution in [3.05, 3.63) is 23.8 Å². The zero-order chi connectivity index (χ0) is 19.0. The van der Waals surface area contributed by atoms with Crippen LogP contribution >= 0.6 is 0 Å². The molecule has 0 aromatic rings. The van der Waals surface area contributed by atoms with Gasteiger partial charge >= 0.3 is 5.97 Å². The summed E-state index contributed by atoms with van der Waals surface area (Å²) in [5.74, 6) is 0.143. The Bertz CT molecular complexity index is 570. The molecule has 0 radical (unpaired) electrons. The van der Waals surface area contributed by atoms with Crippen molar-refractivity contribution < 1.29 is 14.6 Å². The van der Waals surface area contributed by atoms with Crippen LogP contribution in [0.1, 0.15) is 80.1 Å². The molecule has 0 aliphatic heterocycles. The van der Waals surface area contributed by atoms with E-state index in [1.54, 1.807) is 6.08 Å². The van der Waals surface area contributed by atoms with Gasteiger partial charge in [0, 0.05) is 19.3 Å². The fourth-order valence-electron chi connectivity index (χ4n) is 5.67. The predicted molar refractivity (Wildman–Crippen MR) is 102 cm³/mol. The number of aliphatic hydroxyl groups is 1. The van der Waals surface area contributed by atoms with Gasteiger partial charge in [0.2, 0.25) is 0 Å². The Labute approximate surface area is 153 Å². The summed E-state index contributed by atoms with van der Waals surface area (Å²) in [4.78, 5) is 11.7. The van der Waals surface area contributed by atoms with E-state index in [0.717, 1.165) is 19.3 Å². The highest BCUT2D eigenvalue weighted by molar-refractivity contribution is 5.66. The summed E-state index contributed by atoms with van der Waals surface area (Å²) in [6.45, 7) is 16.3. The van der Waals surface area contributed by atoms with E-state index >= 15 is 0 Å². The normalized spacial score (nSPS) is 34.0. The second kappa shape index (κ2) is 6.90. The lowest BCUT2D eigenvalue weighted by molar-refractivity contribution is -0.160. The van der Waals surface area contributed by atoms with Crippen LogP contribution in [0.4, 0.5) is 0 Å². The van der Waals surface area contributed by atoms with E-state index in [4.69, 9.17) is 4.74 Å². The van der Waals surface area contributed by atoms with Gasteiger partial charge in [-0.2, -0.15) is 0 Å². The van der Waals surface area contributed by atoms with Crippen molar-refractivity contribution >= 4 is 5.97 Å². The number of allylic oxidation sites excluding steroid dienone is 1. The van der Waals surface area contributed by atoms with Gasteiger partial charge in [-0.3, -0.25) is 4.79 Å². The van der Waals surface area contributed by atoms with Crippen LogP contribution < -0.4 is 0 Å². The molecular formula is C22H36O3. The number of hydrogen-bond acceptors (Lipinski definition) is 3. The maximum Gasteiger partial charge on any atom is 0.302 e. The molecule has 0 aromatic carbocycles. The van der Waals surface area contributed by atoms with E-state index in [1.807, 2.05) is 6.92 Å². The number of esters is 1. The van der Waals surface area contributed by atoms with Gasteiger partial charge in [-0.05, 0) is 50.4 Å². The van der Waals surface area contributed by atoms with Crippen LogP contribution in [0.3, 0.4) is 0 Å². The van der Waals surface area contributed by atoms with Crippen LogP contribution in [-0.2, 0) is 9.53 Å². The first kappa shape index (κ1) is 20.2. The third-order valence-corrected chi connectivity index (χ3v) is 6.77. The minimum atomic E-state index is -0.837. The Hall–Kier alpha value is -1.09. The lowest BCUT2D eigenvalue weighted by atomic mass is 9.49. The van der Waals surface area contributed by atoms with Gasteiger partial charge in [-0.15, -0.1) is 6.58 Å². The van der Waals surface area contributed by atoms with E-state index < -0.39 is 5.60 Å². The highest BCUT2D eigenvalue weighted by Gasteiger charge is 2.55. The van der Waals surface area contributed by atoms with Crippen molar-refractivity contribution in [1.82, 2.24) is 0 Å². The van der Waals surface area contributed by atoms with E-state index in [-0.39, 0.29) is 22.9 Å². The first-order chi connectivity index (χ1) is 11.4. The molecule has 2 aliphatic rings. The largest absolute Gasteiger partial charge is 0.462 e. The van der Waals surface area contributed by atoms with E-state index in [1.165, 1.54) is 30.9 Å². The molecule has 3 heteroatoms. The summed E-state index contributed by atoms with van der Waals surface area (Å²) in [5.41, 5.74) is 2.13. The third-order valence-electron chi connectivity index (χ3n) is 6.77. The highest BCUT2D eigenvalue weighted by Crippen LogP contribution is 2.61. The zero-order valence-electron chi connectivity index (χ0n) is 16.9. The average Bonchev–Trinajstić information content (AvgIpc) is 2.44. The van der Waals surface area contributed by atoms with Crippen LogP contribution in [0.5, 0.6) is 0 Å². The lowest BCUT2D eigenvalue weighted by Gasteiger charge is -2.57. The number of rotatable bonds is 5. The quantitative estimate of drug-likeness (QED) is 0.549. The third kappa shape index (κ3) is 4.02. The number of hydrogen-bond donors (Lipinski definition) is 1. The monoisotopic (exact) mass is 348 g/mol. The van der Waals surface area contributed by atoms with Gasteiger partial charge in [0.15, 0.2) is 0 Å². The Morgan fingerprint density at radius 1 is 1.40 bits per heavy atom. The molecule has 0 saturated heterocycles. The molecule has 1 N–H and O–H groups in total. The summed E-state index contributed by atoms with van der Waals surface area (Å²) in [5, 5.41) is 10.4. The molecular weight excluding hydrogens is 312 g/mol. The molecule has 3 nitrogen and oxygen atoms in total. The SMILES string of the molecule is C=CC(C)(O)CCC1=C(C)CC(OC(C)=O)C2C(C)(C)CCCC12C. The number of carbonyl (C=O) groups is 1. The van der Waals surface area contributed by atoms with Crippen LogP contribution in [-0.4, -0.2) is 22.8 Å². The molecule has 0 spiro atoms. The van der Waals surface area contributed by atoms with Crippen molar-refractivity contribution in [1.29, 1.82) is 0 Å². The van der Waals surface area contributed by atoms with Crippen molar-refractivity contribution in [2.45, 2.75) is 91.8 Å². The average molecular weight is 349 g/mol. The molecule has 4 unspecified atom stereocenters. The Morgan fingerprint density at radius 2 is 2.04 bits per heavy atom. The van der Waals surface area contributed by atoms with Gasteiger partial charge in [0.1, 0.15) is 6.10 Å². The standard InChI is InChI=1S/C22H36O3/c1-8-21(6,24)13-10-17-15(2)14-18(25-16(3)23)19-20(4,5)11-9-12-22(17,19)7/h8,18-19,24H,1,9-14H2,2-7H3. The minimum Gasteiger partial charge on any atom is -0.462 e. The van der Waals surface area contributed by atoms with Gasteiger partial charge < -0.3 is 9.84 Å². The fraction of sp³-hybridized carbons (Fsp3) is 0.773. The Kier molecular flexibility index (Phi) is 5.59. The first-order valence-electron chi connectivity index (χ1n) is 9.65. The maximum atomic E-state index is 11.7. The predicted octanol–water partition coefficient (Wildman–Crippen LogP) is 5.19. The summed E-state index contributed by atoms with van der Waals surface area (Å²) in [6.07, 6.45) is 7.46. The van der Waals surface area contributed by atoms with Gasteiger partial charge in [-0.1, -0.05) is 44.4 Å². The van der Waals surface area contributed by atoms with E-state index in [2.05, 4.69) is 34.3 Å². The topological polar surface area (TPSA) is 46.5 Å². The molecule has 1 saturated carbocycles. The number of fused-ring (bicyclic) bond motifs is 1. The second-order valence-corrected chi connectivity index (χ2v) is 9.41. The first-order valence-corrected chi connectivity index (χ1v) is 9.65. The van der Waals surface area contributed by atoms with Gasteiger partial charge in [0.25, 0.3) is 0 Å². The van der Waals surface area contributed by atoms with Gasteiger partial charge in [0.05, 0.1) is 5.60 Å². The highest BCUT2D eigenvalue weighted by atomic mass is 16.5. The molecule has 2 rings (SSSR count). The van der Waals surface area contributed by atoms with Crippen LogP contribution in [0.25, 0.3) is 0 Å². The van der Waals surface area contributed by atoms with E-state index in [9.17, 15) is 9.90 Å². The minimum absolute atomic E-state index is 0.0292. The van der Waals surface area contributed by atoms with E-state index in [0.29, 0.717) is 12.3 Å². The smallest absolute Gasteiger partial charge is 0.302 e. The van der Waals surface area contributed by atoms with Crippen molar-refractivity contribution in [2.75, 3.05) is 0 Å². The molecule has 4 atom stereocenters.